The average molecular weight is 221 g/mol. The van der Waals surface area contributed by atoms with Gasteiger partial charge < -0.3 is 10.8 Å². The minimum Gasteiger partial charge on any atom is -0.480 e. The van der Waals surface area contributed by atoms with Gasteiger partial charge in [-0.1, -0.05) is 12.1 Å². The number of rotatable bonds is 3. The highest BCUT2D eigenvalue weighted by Gasteiger charge is 2.20. The second-order valence-electron chi connectivity index (χ2n) is 3.88. The Morgan fingerprint density at radius 3 is 3.00 bits per heavy atom. The van der Waals surface area contributed by atoms with Crippen molar-refractivity contribution in [1.82, 2.24) is 0 Å². The van der Waals surface area contributed by atoms with Crippen molar-refractivity contribution in [1.29, 1.82) is 0 Å². The van der Waals surface area contributed by atoms with E-state index in [0.29, 0.717) is 0 Å². The summed E-state index contributed by atoms with van der Waals surface area (Å²) in [5.74, 6) is -1.35. The molecule has 0 unspecified atom stereocenters. The quantitative estimate of drug-likeness (QED) is 0.814. The van der Waals surface area contributed by atoms with Crippen molar-refractivity contribution in [3.05, 3.63) is 41.2 Å². The molecule has 0 saturated carbocycles. The Balaban J connectivity index is 2.22. The molecule has 0 bridgehead atoms. The van der Waals surface area contributed by atoms with Gasteiger partial charge in [0.05, 0.1) is 0 Å². The van der Waals surface area contributed by atoms with Crippen LogP contribution in [-0.4, -0.2) is 17.1 Å². The van der Waals surface area contributed by atoms with E-state index in [-0.39, 0.29) is 12.2 Å². The van der Waals surface area contributed by atoms with Gasteiger partial charge in [-0.05, 0) is 41.7 Å². The highest BCUT2D eigenvalue weighted by Crippen LogP contribution is 2.30. The molecule has 4 heteroatoms. The van der Waals surface area contributed by atoms with Gasteiger partial charge in [-0.15, -0.1) is 0 Å². The Kier molecular flexibility index (Phi) is 2.75. The topological polar surface area (TPSA) is 63.3 Å². The van der Waals surface area contributed by atoms with Crippen LogP contribution in [0.2, 0.25) is 0 Å². The standard InChI is InChI=1S/C12H12FNO2/c13-9-4-3-7-1-2-8(10(7)6-9)5-11(14)12(15)16/h2-4,6,11H,1,5,14H2,(H,15,16)/t11-/m0/s1. The molecule has 0 spiro atoms. The molecule has 0 aromatic heterocycles. The zero-order chi connectivity index (χ0) is 11.7. The van der Waals surface area contributed by atoms with Crippen LogP contribution in [0.15, 0.2) is 24.3 Å². The van der Waals surface area contributed by atoms with Gasteiger partial charge in [0.25, 0.3) is 0 Å². The number of fused-ring (bicyclic) bond motifs is 1. The number of nitrogens with two attached hydrogens (primary N) is 1. The van der Waals surface area contributed by atoms with E-state index in [0.717, 1.165) is 23.1 Å². The molecule has 1 aromatic carbocycles. The van der Waals surface area contributed by atoms with Crippen LogP contribution in [0.5, 0.6) is 0 Å². The number of halogens is 1. The van der Waals surface area contributed by atoms with Gasteiger partial charge in [0.2, 0.25) is 0 Å². The van der Waals surface area contributed by atoms with E-state index >= 15 is 0 Å². The summed E-state index contributed by atoms with van der Waals surface area (Å²) >= 11 is 0. The summed E-state index contributed by atoms with van der Waals surface area (Å²) in [7, 11) is 0. The molecular formula is C12H12FNO2. The SMILES string of the molecule is N[C@@H](CC1=CCc2ccc(F)cc21)C(=O)O. The lowest BCUT2D eigenvalue weighted by Gasteiger charge is -2.09. The monoisotopic (exact) mass is 221 g/mol. The van der Waals surface area contributed by atoms with Crippen LogP contribution in [0.1, 0.15) is 17.5 Å². The van der Waals surface area contributed by atoms with Crippen molar-refractivity contribution in [2.24, 2.45) is 5.73 Å². The largest absolute Gasteiger partial charge is 0.480 e. The van der Waals surface area contributed by atoms with Crippen LogP contribution in [-0.2, 0) is 11.2 Å². The van der Waals surface area contributed by atoms with Gasteiger partial charge in [-0.2, -0.15) is 0 Å². The van der Waals surface area contributed by atoms with E-state index in [9.17, 15) is 9.18 Å². The van der Waals surface area contributed by atoms with E-state index in [1.165, 1.54) is 12.1 Å². The predicted molar refractivity (Wildman–Crippen MR) is 58.3 cm³/mol. The third kappa shape index (κ3) is 1.97. The molecule has 3 nitrogen and oxygen atoms in total. The summed E-state index contributed by atoms with van der Waals surface area (Å²) in [4.78, 5) is 10.6. The predicted octanol–water partition coefficient (Wildman–Crippen LogP) is 1.57. The van der Waals surface area contributed by atoms with Crippen LogP contribution < -0.4 is 5.73 Å². The zero-order valence-corrected chi connectivity index (χ0v) is 8.61. The first kappa shape index (κ1) is 10.8. The first-order chi connectivity index (χ1) is 7.58. The maximum Gasteiger partial charge on any atom is 0.320 e. The van der Waals surface area contributed by atoms with Crippen molar-refractivity contribution >= 4 is 11.5 Å². The molecule has 84 valence electrons. The fraction of sp³-hybridized carbons (Fsp3) is 0.250. The normalized spacial score (nSPS) is 15.5. The second-order valence-corrected chi connectivity index (χ2v) is 3.88. The highest BCUT2D eigenvalue weighted by molar-refractivity contribution is 5.80. The van der Waals surface area contributed by atoms with E-state index < -0.39 is 12.0 Å². The molecule has 0 amide bonds. The van der Waals surface area contributed by atoms with Crippen LogP contribution in [0.3, 0.4) is 0 Å². The van der Waals surface area contributed by atoms with Crippen molar-refractivity contribution < 1.29 is 14.3 Å². The molecule has 1 aromatic rings. The van der Waals surface area contributed by atoms with E-state index in [1.54, 1.807) is 6.07 Å². The number of allylic oxidation sites excluding steroid dienone is 1. The van der Waals surface area contributed by atoms with Crippen LogP contribution in [0.25, 0.3) is 5.57 Å². The number of hydrogen-bond donors (Lipinski definition) is 2. The smallest absolute Gasteiger partial charge is 0.320 e. The van der Waals surface area contributed by atoms with Crippen LogP contribution >= 0.6 is 0 Å². The van der Waals surface area contributed by atoms with Gasteiger partial charge in [0.15, 0.2) is 0 Å². The molecule has 0 heterocycles. The minimum absolute atomic E-state index is 0.242. The average Bonchev–Trinajstić information content (AvgIpc) is 2.61. The van der Waals surface area contributed by atoms with Gasteiger partial charge >= 0.3 is 5.97 Å². The van der Waals surface area contributed by atoms with E-state index in [1.807, 2.05) is 6.08 Å². The molecule has 3 N–H and O–H groups in total. The summed E-state index contributed by atoms with van der Waals surface area (Å²) < 4.78 is 13.1. The fourth-order valence-electron chi connectivity index (χ4n) is 1.89. The zero-order valence-electron chi connectivity index (χ0n) is 8.61. The molecule has 1 atom stereocenters. The fourth-order valence-corrected chi connectivity index (χ4v) is 1.89. The summed E-state index contributed by atoms with van der Waals surface area (Å²) in [5.41, 5.74) is 8.09. The number of carboxylic acid groups (broad SMARTS) is 1. The number of benzene rings is 1. The molecule has 1 aliphatic rings. The molecule has 0 radical (unpaired) electrons. The third-order valence-electron chi connectivity index (χ3n) is 2.74. The van der Waals surface area contributed by atoms with Crippen LogP contribution in [0, 0.1) is 5.82 Å². The minimum atomic E-state index is -1.04. The lowest BCUT2D eigenvalue weighted by molar-refractivity contribution is -0.138. The summed E-state index contributed by atoms with van der Waals surface area (Å²) in [6.45, 7) is 0. The first-order valence-corrected chi connectivity index (χ1v) is 5.04. The molecule has 2 rings (SSSR count). The van der Waals surface area contributed by atoms with Gasteiger partial charge in [-0.25, -0.2) is 4.39 Å². The number of carbonyl (C=O) groups is 1. The first-order valence-electron chi connectivity index (χ1n) is 5.04. The number of carboxylic acids is 1. The number of aliphatic carboxylic acids is 1. The molecule has 1 aliphatic carbocycles. The highest BCUT2D eigenvalue weighted by atomic mass is 19.1. The number of hydrogen-bond acceptors (Lipinski definition) is 2. The van der Waals surface area contributed by atoms with Crippen molar-refractivity contribution in [2.75, 3.05) is 0 Å². The maximum atomic E-state index is 13.1. The molecular weight excluding hydrogens is 209 g/mol. The van der Waals surface area contributed by atoms with E-state index in [4.69, 9.17) is 10.8 Å². The lowest BCUT2D eigenvalue weighted by atomic mass is 10.00. The Hall–Kier alpha value is -1.68. The van der Waals surface area contributed by atoms with Gasteiger partial charge in [0, 0.05) is 0 Å². The maximum absolute atomic E-state index is 13.1. The Morgan fingerprint density at radius 1 is 1.56 bits per heavy atom. The second kappa shape index (κ2) is 4.06. The third-order valence-corrected chi connectivity index (χ3v) is 2.74. The molecule has 0 fully saturated rings. The Morgan fingerprint density at radius 2 is 2.31 bits per heavy atom. The van der Waals surface area contributed by atoms with Crippen molar-refractivity contribution in [3.8, 4) is 0 Å². The molecule has 0 aliphatic heterocycles. The lowest BCUT2D eigenvalue weighted by Crippen LogP contribution is -2.30. The van der Waals surface area contributed by atoms with Gasteiger partial charge in [0.1, 0.15) is 11.9 Å². The Labute approximate surface area is 92.4 Å². The molecule has 16 heavy (non-hydrogen) atoms. The van der Waals surface area contributed by atoms with Crippen molar-refractivity contribution in [2.45, 2.75) is 18.9 Å². The summed E-state index contributed by atoms with van der Waals surface area (Å²) in [6, 6.07) is 3.64. The van der Waals surface area contributed by atoms with Gasteiger partial charge in [-0.3, -0.25) is 4.79 Å². The molecule has 0 saturated heterocycles. The summed E-state index contributed by atoms with van der Waals surface area (Å²) in [5, 5.41) is 8.72. The van der Waals surface area contributed by atoms with E-state index in [2.05, 4.69) is 0 Å². The Bertz CT molecular complexity index is 468. The summed E-state index contributed by atoms with van der Waals surface area (Å²) in [6.07, 6.45) is 2.87. The van der Waals surface area contributed by atoms with Crippen LogP contribution in [0.4, 0.5) is 4.39 Å². The van der Waals surface area contributed by atoms with Crippen molar-refractivity contribution in [3.63, 3.8) is 0 Å².